The van der Waals surface area contributed by atoms with Gasteiger partial charge in [0.1, 0.15) is 19.3 Å². The predicted molar refractivity (Wildman–Crippen MR) is 344 cm³/mol. The average Bonchev–Trinajstić information content (AvgIpc) is 3.43. The minimum atomic E-state index is -4.70. The summed E-state index contributed by atoms with van der Waals surface area (Å²) < 4.78 is 30.4. The molecule has 0 bridgehead atoms. The summed E-state index contributed by atoms with van der Waals surface area (Å²) in [5.41, 5.74) is 0. The first-order chi connectivity index (χ1) is 38.9. The van der Waals surface area contributed by atoms with Gasteiger partial charge in [-0.1, -0.05) is 274 Å². The van der Waals surface area contributed by atoms with Crippen LogP contribution in [0.25, 0.3) is 0 Å². The van der Waals surface area contributed by atoms with Crippen molar-refractivity contribution < 1.29 is 37.3 Å². The van der Waals surface area contributed by atoms with Gasteiger partial charge in [0.15, 0.2) is 0 Å². The first-order valence-electron chi connectivity index (χ1n) is 33.7. The highest BCUT2D eigenvalue weighted by Crippen LogP contribution is 2.38. The van der Waals surface area contributed by atoms with Crippen molar-refractivity contribution in [3.8, 4) is 0 Å². The van der Waals surface area contributed by atoms with Gasteiger partial charge in [0.2, 0.25) is 5.91 Å². The number of phosphoric acid groups is 1. The summed E-state index contributed by atoms with van der Waals surface area (Å²) in [6, 6.07) is -0.896. The van der Waals surface area contributed by atoms with Crippen molar-refractivity contribution in [2.24, 2.45) is 0 Å². The zero-order valence-electron chi connectivity index (χ0n) is 53.3. The summed E-state index contributed by atoms with van der Waals surface area (Å²) in [7, 11) is 1.18. The number of ether oxygens (including phenoxy) is 1. The summed E-state index contributed by atoms with van der Waals surface area (Å²) in [5, 5.41) is 3.03. The molecule has 10 heteroatoms. The zero-order valence-corrected chi connectivity index (χ0v) is 54.2. The van der Waals surface area contributed by atoms with Crippen molar-refractivity contribution in [2.75, 3.05) is 40.9 Å². The Kier molecular flexibility index (Phi) is 57.7. The third kappa shape index (κ3) is 60.1. The molecule has 0 aromatic heterocycles. The van der Waals surface area contributed by atoms with Gasteiger partial charge in [-0.05, 0) is 96.0 Å². The molecule has 0 aliphatic rings. The van der Waals surface area contributed by atoms with E-state index in [0.717, 1.165) is 109 Å². The maximum Gasteiger partial charge on any atom is 0.306 e. The first kappa shape index (κ1) is 77.5. The number of likely N-dealkylation sites (N-methyl/N-ethyl adjacent to an activating group) is 1. The third-order valence-electron chi connectivity index (χ3n) is 14.9. The number of nitrogens with one attached hydrogen (secondary N) is 1. The van der Waals surface area contributed by atoms with Crippen LogP contribution >= 0.6 is 7.82 Å². The molecule has 1 N–H and O–H groups in total. The van der Waals surface area contributed by atoms with Gasteiger partial charge in [0.05, 0.1) is 33.8 Å². The molecule has 0 aliphatic heterocycles. The molecule has 80 heavy (non-hydrogen) atoms. The molecule has 0 rings (SSSR count). The molecular formula is C70H129N2O7P. The minimum absolute atomic E-state index is 0.0262. The lowest BCUT2D eigenvalue weighted by Gasteiger charge is -2.30. The number of quaternary nitrogens is 1. The molecule has 0 saturated heterocycles. The van der Waals surface area contributed by atoms with Crippen molar-refractivity contribution in [2.45, 2.75) is 322 Å². The average molecular weight is 1140 g/mol. The van der Waals surface area contributed by atoms with Gasteiger partial charge >= 0.3 is 5.97 Å². The van der Waals surface area contributed by atoms with E-state index in [4.69, 9.17) is 13.8 Å². The first-order valence-corrected chi connectivity index (χ1v) is 35.2. The molecule has 0 fully saturated rings. The molecular weight excluding hydrogens is 1010 g/mol. The van der Waals surface area contributed by atoms with Crippen LogP contribution in [0.15, 0.2) is 72.9 Å². The lowest BCUT2D eigenvalue weighted by atomic mass is 10.0. The molecule has 0 aliphatic carbocycles. The van der Waals surface area contributed by atoms with Crippen LogP contribution in [0.5, 0.6) is 0 Å². The van der Waals surface area contributed by atoms with E-state index < -0.39 is 26.6 Å². The second-order valence-corrected chi connectivity index (χ2v) is 25.4. The number of carbonyl (C=O) groups excluding carboxylic acids is 2. The minimum Gasteiger partial charge on any atom is -0.756 e. The van der Waals surface area contributed by atoms with Crippen LogP contribution in [-0.2, 0) is 27.9 Å². The van der Waals surface area contributed by atoms with Crippen molar-refractivity contribution in [1.29, 1.82) is 0 Å². The Morgan fingerprint density at radius 2 is 0.800 bits per heavy atom. The van der Waals surface area contributed by atoms with Gasteiger partial charge in [-0.25, -0.2) is 0 Å². The van der Waals surface area contributed by atoms with E-state index >= 15 is 0 Å². The number of nitrogens with zero attached hydrogens (tertiary/aromatic N) is 1. The summed E-state index contributed by atoms with van der Waals surface area (Å²) in [5.74, 6) is -0.549. The topological polar surface area (TPSA) is 114 Å². The van der Waals surface area contributed by atoms with E-state index in [-0.39, 0.29) is 24.9 Å². The van der Waals surface area contributed by atoms with Gasteiger partial charge in [0.25, 0.3) is 7.82 Å². The van der Waals surface area contributed by atoms with E-state index in [1.54, 1.807) is 0 Å². The number of allylic oxidation sites excluding steroid dienone is 11. The van der Waals surface area contributed by atoms with Crippen molar-refractivity contribution in [1.82, 2.24) is 5.32 Å². The Balaban J connectivity index is 5.00. The highest BCUT2D eigenvalue weighted by molar-refractivity contribution is 7.45. The lowest BCUT2D eigenvalue weighted by Crippen LogP contribution is -2.47. The largest absolute Gasteiger partial charge is 0.756 e. The standard InChI is InChI=1S/C70H129N2O7P/c1-7-10-13-16-19-22-25-27-29-31-32-33-34-35-36-37-38-39-40-41-43-45-48-51-54-57-60-63-70(74)79-68(61-58-55-52-49-46-24-21-18-15-12-9-3)67(66-78-80(75,76)77-65-64-72(4,5)6)71-69(73)62-59-56-53-50-47-44-42-30-28-26-23-20-17-14-11-8-2/h11,14,19-20,22-23,27-30,58,61,67-68H,7-10,12-13,15-18,21,24-26,31-57,59-60,62-66H2,1-6H3,(H-,71,73,75,76)/b14-11+,22-19-,23-20+,29-27-,30-28+,61-58-. The maximum absolute atomic E-state index is 13.5. The fourth-order valence-electron chi connectivity index (χ4n) is 9.69. The Morgan fingerprint density at radius 1 is 0.450 bits per heavy atom. The van der Waals surface area contributed by atoms with Gasteiger partial charge < -0.3 is 28.5 Å². The second-order valence-electron chi connectivity index (χ2n) is 23.9. The fourth-order valence-corrected chi connectivity index (χ4v) is 10.4. The zero-order chi connectivity index (χ0) is 58.6. The lowest BCUT2D eigenvalue weighted by molar-refractivity contribution is -0.870. The Hall–Kier alpha value is -2.55. The highest BCUT2D eigenvalue weighted by Gasteiger charge is 2.27. The summed E-state index contributed by atoms with van der Waals surface area (Å²) in [6.07, 6.45) is 77.4. The van der Waals surface area contributed by atoms with Crippen LogP contribution in [-0.4, -0.2) is 69.4 Å². The summed E-state index contributed by atoms with van der Waals surface area (Å²) >= 11 is 0. The Labute approximate surface area is 495 Å². The molecule has 0 radical (unpaired) electrons. The predicted octanol–water partition coefficient (Wildman–Crippen LogP) is 20.5. The van der Waals surface area contributed by atoms with E-state index in [2.05, 4.69) is 86.8 Å². The normalized spacial score (nSPS) is 14.0. The van der Waals surface area contributed by atoms with E-state index in [0.29, 0.717) is 17.4 Å². The molecule has 0 aromatic carbocycles. The smallest absolute Gasteiger partial charge is 0.306 e. The summed E-state index contributed by atoms with van der Waals surface area (Å²) in [4.78, 5) is 40.0. The van der Waals surface area contributed by atoms with E-state index in [1.165, 1.54) is 167 Å². The number of rotatable bonds is 61. The van der Waals surface area contributed by atoms with Crippen molar-refractivity contribution in [3.05, 3.63) is 72.9 Å². The molecule has 0 heterocycles. The third-order valence-corrected chi connectivity index (χ3v) is 15.8. The molecule has 3 atom stereocenters. The molecule has 0 aromatic rings. The molecule has 466 valence electrons. The number of unbranched alkanes of at least 4 members (excludes halogenated alkanes) is 35. The van der Waals surface area contributed by atoms with Crippen molar-refractivity contribution >= 4 is 19.7 Å². The second kappa shape index (κ2) is 59.6. The molecule has 9 nitrogen and oxygen atoms in total. The number of carbonyl (C=O) groups is 2. The maximum atomic E-state index is 13.5. The van der Waals surface area contributed by atoms with Gasteiger partial charge in [-0.3, -0.25) is 14.2 Å². The van der Waals surface area contributed by atoms with Crippen LogP contribution in [0.2, 0.25) is 0 Å². The molecule has 3 unspecified atom stereocenters. The molecule has 0 saturated carbocycles. The summed E-state index contributed by atoms with van der Waals surface area (Å²) in [6.45, 7) is 6.71. The van der Waals surface area contributed by atoms with Crippen LogP contribution in [0.1, 0.15) is 310 Å². The number of hydrogen-bond donors (Lipinski definition) is 1. The number of esters is 1. The SMILES string of the molecule is CC/C=C/C/C=C/C/C=C/CCCCCCCCC(=O)NC(COP(=O)([O-])OCC[N+](C)(C)C)C(/C=C\CCCCCCCCCCC)OC(=O)CCCCCCCCCCCCCCCCCCC/C=C\C/C=C\CCCCC. The quantitative estimate of drug-likeness (QED) is 0.0212. The van der Waals surface area contributed by atoms with Crippen molar-refractivity contribution in [3.63, 3.8) is 0 Å². The van der Waals surface area contributed by atoms with Crippen LogP contribution in [0.3, 0.4) is 0 Å². The fraction of sp³-hybridized carbons (Fsp3) is 0.800. The van der Waals surface area contributed by atoms with Crippen LogP contribution in [0, 0.1) is 0 Å². The monoisotopic (exact) mass is 1140 g/mol. The van der Waals surface area contributed by atoms with Crippen LogP contribution < -0.4 is 10.2 Å². The number of amides is 1. The Morgan fingerprint density at radius 3 is 1.23 bits per heavy atom. The van der Waals surface area contributed by atoms with E-state index in [9.17, 15) is 19.0 Å². The van der Waals surface area contributed by atoms with Gasteiger partial charge in [-0.15, -0.1) is 0 Å². The van der Waals surface area contributed by atoms with Crippen LogP contribution in [0.4, 0.5) is 0 Å². The van der Waals surface area contributed by atoms with E-state index in [1.807, 2.05) is 33.3 Å². The highest BCUT2D eigenvalue weighted by atomic mass is 31.2. The Bertz CT molecular complexity index is 1600. The molecule has 1 amide bonds. The van der Waals surface area contributed by atoms with Gasteiger partial charge in [-0.2, -0.15) is 0 Å². The van der Waals surface area contributed by atoms with Gasteiger partial charge in [0, 0.05) is 12.8 Å². The number of phosphoric ester groups is 1. The number of hydrogen-bond acceptors (Lipinski definition) is 7. The molecule has 0 spiro atoms.